The normalized spacial score (nSPS) is 14.2. The standard InChI is InChI=1S/C19H21FN4O2/c20-16-6-2-1-5-15(16)8-10-22-18(25)19(26)24-13-11-23(12-14-24)17-7-3-4-9-21-17/h1-7,9H,8,10-14H2,(H,22,25). The Morgan fingerprint density at radius 3 is 2.46 bits per heavy atom. The lowest BCUT2D eigenvalue weighted by Crippen LogP contribution is -2.53. The van der Waals surface area contributed by atoms with Crippen LogP contribution in [0.15, 0.2) is 48.7 Å². The number of carbonyl (C=O) groups excluding carboxylic acids is 2. The first-order chi connectivity index (χ1) is 12.6. The first kappa shape index (κ1) is 17.8. The molecule has 1 aliphatic rings. The third-order valence-corrected chi connectivity index (χ3v) is 4.37. The predicted molar refractivity (Wildman–Crippen MR) is 96.1 cm³/mol. The molecule has 1 fully saturated rings. The van der Waals surface area contributed by atoms with Gasteiger partial charge in [0.1, 0.15) is 11.6 Å². The zero-order chi connectivity index (χ0) is 18.4. The van der Waals surface area contributed by atoms with Gasteiger partial charge in [0.2, 0.25) is 0 Å². The molecule has 2 amide bonds. The third-order valence-electron chi connectivity index (χ3n) is 4.37. The number of rotatable bonds is 4. The van der Waals surface area contributed by atoms with Gasteiger partial charge in [-0.05, 0) is 30.2 Å². The molecule has 0 radical (unpaired) electrons. The van der Waals surface area contributed by atoms with Gasteiger partial charge in [0.05, 0.1) is 0 Å². The molecule has 26 heavy (non-hydrogen) atoms. The highest BCUT2D eigenvalue weighted by molar-refractivity contribution is 6.35. The Bertz CT molecular complexity index is 761. The van der Waals surface area contributed by atoms with E-state index in [1.54, 1.807) is 24.4 Å². The summed E-state index contributed by atoms with van der Waals surface area (Å²) in [5.74, 6) is -0.625. The topological polar surface area (TPSA) is 65.5 Å². The summed E-state index contributed by atoms with van der Waals surface area (Å²) >= 11 is 0. The predicted octanol–water partition coefficient (Wildman–Crippen LogP) is 1.23. The highest BCUT2D eigenvalue weighted by Crippen LogP contribution is 2.12. The Morgan fingerprint density at radius 1 is 1.04 bits per heavy atom. The van der Waals surface area contributed by atoms with Crippen LogP contribution in [0.3, 0.4) is 0 Å². The molecule has 0 atom stereocenters. The number of halogens is 1. The molecule has 1 aromatic carbocycles. The largest absolute Gasteiger partial charge is 0.353 e. The Balaban J connectivity index is 1.44. The second kappa shape index (κ2) is 8.42. The monoisotopic (exact) mass is 356 g/mol. The highest BCUT2D eigenvalue weighted by atomic mass is 19.1. The molecule has 1 N–H and O–H groups in total. The van der Waals surface area contributed by atoms with Crippen LogP contribution >= 0.6 is 0 Å². The van der Waals surface area contributed by atoms with E-state index in [1.165, 1.54) is 11.0 Å². The summed E-state index contributed by atoms with van der Waals surface area (Å²) in [6.45, 7) is 2.42. The Morgan fingerprint density at radius 2 is 1.77 bits per heavy atom. The SMILES string of the molecule is O=C(NCCc1ccccc1F)C(=O)N1CCN(c2ccccn2)CC1. The van der Waals surface area contributed by atoms with Crippen molar-refractivity contribution < 1.29 is 14.0 Å². The minimum atomic E-state index is -0.646. The number of nitrogens with one attached hydrogen (secondary N) is 1. The van der Waals surface area contributed by atoms with Crippen LogP contribution in [0.25, 0.3) is 0 Å². The van der Waals surface area contributed by atoms with E-state index in [0.29, 0.717) is 38.2 Å². The molecule has 136 valence electrons. The number of benzene rings is 1. The van der Waals surface area contributed by atoms with Crippen LogP contribution in [0.4, 0.5) is 10.2 Å². The summed E-state index contributed by atoms with van der Waals surface area (Å²) in [5.41, 5.74) is 0.518. The summed E-state index contributed by atoms with van der Waals surface area (Å²) in [7, 11) is 0. The molecule has 2 aromatic rings. The molecular formula is C19H21FN4O2. The van der Waals surface area contributed by atoms with E-state index in [-0.39, 0.29) is 12.4 Å². The molecule has 0 unspecified atom stereocenters. The van der Waals surface area contributed by atoms with Crippen LogP contribution in [0.1, 0.15) is 5.56 Å². The third kappa shape index (κ3) is 4.36. The van der Waals surface area contributed by atoms with Gasteiger partial charge in [-0.3, -0.25) is 9.59 Å². The molecule has 1 aromatic heterocycles. The molecule has 0 spiro atoms. The number of anilines is 1. The maximum absolute atomic E-state index is 13.5. The second-order valence-electron chi connectivity index (χ2n) is 6.06. The molecule has 0 bridgehead atoms. The van der Waals surface area contributed by atoms with Gasteiger partial charge in [-0.1, -0.05) is 24.3 Å². The van der Waals surface area contributed by atoms with E-state index >= 15 is 0 Å². The average molecular weight is 356 g/mol. The zero-order valence-electron chi connectivity index (χ0n) is 14.4. The fourth-order valence-electron chi connectivity index (χ4n) is 2.91. The minimum Gasteiger partial charge on any atom is -0.353 e. The van der Waals surface area contributed by atoms with Crippen LogP contribution in [-0.4, -0.2) is 54.4 Å². The van der Waals surface area contributed by atoms with Crippen molar-refractivity contribution in [2.75, 3.05) is 37.6 Å². The van der Waals surface area contributed by atoms with Gasteiger partial charge >= 0.3 is 11.8 Å². The fourth-order valence-corrected chi connectivity index (χ4v) is 2.91. The Labute approximate surface area is 151 Å². The summed E-state index contributed by atoms with van der Waals surface area (Å²) in [4.78, 5) is 32.2. The number of nitrogens with zero attached hydrogens (tertiary/aromatic N) is 3. The number of piperazine rings is 1. The van der Waals surface area contributed by atoms with E-state index < -0.39 is 11.8 Å². The molecule has 0 aliphatic carbocycles. The molecule has 6 nitrogen and oxygen atoms in total. The van der Waals surface area contributed by atoms with E-state index in [2.05, 4.69) is 15.2 Å². The molecule has 2 heterocycles. The van der Waals surface area contributed by atoms with Crippen LogP contribution in [0.5, 0.6) is 0 Å². The van der Waals surface area contributed by atoms with Crippen molar-refractivity contribution >= 4 is 17.6 Å². The minimum absolute atomic E-state index is 0.222. The number of carbonyl (C=O) groups is 2. The molecule has 1 aliphatic heterocycles. The van der Waals surface area contributed by atoms with Crippen molar-refractivity contribution in [3.8, 4) is 0 Å². The van der Waals surface area contributed by atoms with Gasteiger partial charge in [0, 0.05) is 38.9 Å². The van der Waals surface area contributed by atoms with E-state index in [4.69, 9.17) is 0 Å². The summed E-state index contributed by atoms with van der Waals surface area (Å²) < 4.78 is 13.5. The van der Waals surface area contributed by atoms with E-state index in [0.717, 1.165) is 5.82 Å². The zero-order valence-corrected chi connectivity index (χ0v) is 14.4. The molecular weight excluding hydrogens is 335 g/mol. The van der Waals surface area contributed by atoms with Gasteiger partial charge < -0.3 is 15.1 Å². The number of pyridine rings is 1. The number of hydrogen-bond acceptors (Lipinski definition) is 4. The van der Waals surface area contributed by atoms with Gasteiger partial charge in [-0.15, -0.1) is 0 Å². The number of hydrogen-bond donors (Lipinski definition) is 1. The Hall–Kier alpha value is -2.96. The van der Waals surface area contributed by atoms with Crippen molar-refractivity contribution in [2.24, 2.45) is 0 Å². The molecule has 3 rings (SSSR count). The lowest BCUT2D eigenvalue weighted by Gasteiger charge is -2.35. The lowest BCUT2D eigenvalue weighted by atomic mass is 10.1. The first-order valence-corrected chi connectivity index (χ1v) is 8.61. The number of amides is 2. The van der Waals surface area contributed by atoms with Gasteiger partial charge in [-0.25, -0.2) is 9.37 Å². The van der Waals surface area contributed by atoms with E-state index in [9.17, 15) is 14.0 Å². The molecule has 1 saturated heterocycles. The summed E-state index contributed by atoms with van der Waals surface area (Å²) in [6, 6.07) is 12.1. The fraction of sp³-hybridized carbons (Fsp3) is 0.316. The van der Waals surface area contributed by atoms with Crippen molar-refractivity contribution in [3.05, 3.63) is 60.0 Å². The van der Waals surface area contributed by atoms with Gasteiger partial charge in [0.15, 0.2) is 0 Å². The maximum Gasteiger partial charge on any atom is 0.312 e. The van der Waals surface area contributed by atoms with Crippen molar-refractivity contribution in [1.29, 1.82) is 0 Å². The summed E-state index contributed by atoms with van der Waals surface area (Å²) in [6.07, 6.45) is 2.08. The second-order valence-corrected chi connectivity index (χ2v) is 6.06. The van der Waals surface area contributed by atoms with Gasteiger partial charge in [-0.2, -0.15) is 0 Å². The van der Waals surface area contributed by atoms with E-state index in [1.807, 2.05) is 18.2 Å². The highest BCUT2D eigenvalue weighted by Gasteiger charge is 2.26. The van der Waals surface area contributed by atoms with Crippen molar-refractivity contribution in [2.45, 2.75) is 6.42 Å². The average Bonchev–Trinajstić information content (AvgIpc) is 2.69. The maximum atomic E-state index is 13.5. The lowest BCUT2D eigenvalue weighted by molar-refractivity contribution is -0.146. The van der Waals surface area contributed by atoms with Crippen LogP contribution in [0, 0.1) is 5.82 Å². The summed E-state index contributed by atoms with van der Waals surface area (Å²) in [5, 5.41) is 2.58. The number of aromatic nitrogens is 1. The quantitative estimate of drug-likeness (QED) is 0.837. The van der Waals surface area contributed by atoms with Gasteiger partial charge in [0.25, 0.3) is 0 Å². The van der Waals surface area contributed by atoms with Crippen LogP contribution < -0.4 is 10.2 Å². The smallest absolute Gasteiger partial charge is 0.312 e. The van der Waals surface area contributed by atoms with Crippen molar-refractivity contribution in [1.82, 2.24) is 15.2 Å². The van der Waals surface area contributed by atoms with Crippen LogP contribution in [0.2, 0.25) is 0 Å². The van der Waals surface area contributed by atoms with Crippen molar-refractivity contribution in [3.63, 3.8) is 0 Å². The molecule has 7 heteroatoms. The first-order valence-electron chi connectivity index (χ1n) is 8.61. The van der Waals surface area contributed by atoms with Crippen LogP contribution in [-0.2, 0) is 16.0 Å². The Kier molecular flexibility index (Phi) is 5.78. The molecule has 0 saturated carbocycles.